The summed E-state index contributed by atoms with van der Waals surface area (Å²) in [5, 5.41) is 2.43. The van der Waals surface area contributed by atoms with Gasteiger partial charge in [0, 0.05) is 40.2 Å². The summed E-state index contributed by atoms with van der Waals surface area (Å²) in [6.07, 6.45) is 0.461. The zero-order valence-electron chi connectivity index (χ0n) is 19.2. The number of hydrogen-bond donors (Lipinski definition) is 0. The molecule has 2 nitrogen and oxygen atoms in total. The van der Waals surface area contributed by atoms with Gasteiger partial charge >= 0.3 is 0 Å². The van der Waals surface area contributed by atoms with Crippen molar-refractivity contribution in [3.8, 4) is 0 Å². The second kappa shape index (κ2) is 7.24. The van der Waals surface area contributed by atoms with Crippen molar-refractivity contribution in [1.82, 2.24) is 4.57 Å². The molecule has 0 spiro atoms. The fourth-order valence-electron chi connectivity index (χ4n) is 3.45. The van der Waals surface area contributed by atoms with Crippen molar-refractivity contribution in [3.63, 3.8) is 0 Å². The molecule has 0 unspecified atom stereocenters. The van der Waals surface area contributed by atoms with Crippen LogP contribution < -0.4 is 0 Å². The first-order valence-corrected chi connectivity index (χ1v) is 8.93. The summed E-state index contributed by atoms with van der Waals surface area (Å²) >= 11 is 0. The van der Waals surface area contributed by atoms with Gasteiger partial charge in [-0.25, -0.2) is 0 Å². The Balaban J connectivity index is 1.94. The minimum Gasteiger partial charge on any atom is -0.347 e. The van der Waals surface area contributed by atoms with Gasteiger partial charge in [-0.1, -0.05) is 60.7 Å². The molecule has 4 aromatic rings. The molecule has 0 saturated carbocycles. The van der Waals surface area contributed by atoms with E-state index in [4.69, 9.17) is 5.48 Å². The first-order valence-electron chi connectivity index (χ1n) is 10.9. The van der Waals surface area contributed by atoms with E-state index >= 15 is 0 Å². The summed E-state index contributed by atoms with van der Waals surface area (Å²) < 4.78 is 34.9. The molecular weight excluding hydrogens is 330 g/mol. The van der Waals surface area contributed by atoms with Crippen LogP contribution in [0.3, 0.4) is 0 Å². The Labute approximate surface area is 165 Å². The predicted molar refractivity (Wildman–Crippen MR) is 113 cm³/mol. The van der Waals surface area contributed by atoms with Crippen molar-refractivity contribution >= 4 is 27.5 Å². The molecule has 134 valence electrons. The second-order valence-electron chi connectivity index (χ2n) is 6.52. The lowest BCUT2D eigenvalue weighted by Crippen LogP contribution is -2.02. The van der Waals surface area contributed by atoms with Crippen LogP contribution in [-0.4, -0.2) is 10.4 Å². The van der Waals surface area contributed by atoms with Crippen LogP contribution >= 0.6 is 0 Å². The number of para-hydroxylation sites is 1. The number of rotatable bonds is 6. The predicted octanol–water partition coefficient (Wildman–Crippen LogP) is 6.30. The summed E-state index contributed by atoms with van der Waals surface area (Å²) in [6, 6.07) is 18.5. The van der Waals surface area contributed by atoms with Crippen LogP contribution in [0.5, 0.6) is 0 Å². The fourth-order valence-corrected chi connectivity index (χ4v) is 3.45. The number of ketones is 1. The van der Waals surface area contributed by atoms with Crippen molar-refractivity contribution in [2.45, 2.75) is 26.2 Å². The molecule has 0 aliphatic heterocycles. The Morgan fingerprint density at radius 3 is 2.48 bits per heavy atom. The summed E-state index contributed by atoms with van der Waals surface area (Å²) in [5.74, 6) is -0.216. The number of fused-ring (bicyclic) bond motifs is 2. The van der Waals surface area contributed by atoms with E-state index in [0.29, 0.717) is 22.0 Å². The zero-order chi connectivity index (χ0) is 22.4. The Hall–Kier alpha value is -3.13. The maximum Gasteiger partial charge on any atom is 0.195 e. The van der Waals surface area contributed by atoms with E-state index in [1.54, 1.807) is 30.3 Å². The average Bonchev–Trinajstić information content (AvgIpc) is 3.14. The monoisotopic (exact) mass is 357 g/mol. The van der Waals surface area contributed by atoms with Crippen LogP contribution in [0, 0.1) is 6.92 Å². The van der Waals surface area contributed by atoms with Crippen molar-refractivity contribution in [1.29, 1.82) is 0 Å². The average molecular weight is 357 g/mol. The standard InChI is InChI=1S/C25H23NO/c1-3-4-9-16-26-17-23(21-12-7-8-13-24(21)26)25(27)22-15-14-18(2)19-10-5-6-11-20(19)22/h3,5-8,10-15,17H,1,4,9,16H2,2H3/i9D2,16D2. The quantitative estimate of drug-likeness (QED) is 0.293. The van der Waals surface area contributed by atoms with Gasteiger partial charge in [-0.05, 0) is 42.1 Å². The molecule has 0 N–H and O–H groups in total. The van der Waals surface area contributed by atoms with E-state index in [-0.39, 0.29) is 12.2 Å². The SMILES string of the molecule is [2H]C([2H])(CC=C)C([2H])([2H])n1cc(C(=O)c2ccc(C)c3ccccc23)c2ccccc21. The van der Waals surface area contributed by atoms with E-state index in [1.807, 2.05) is 37.3 Å². The van der Waals surface area contributed by atoms with Gasteiger partial charge < -0.3 is 4.57 Å². The molecule has 0 saturated heterocycles. The number of nitrogens with zero attached hydrogens (tertiary/aromatic N) is 1. The number of carbonyl (C=O) groups is 1. The molecule has 0 aliphatic carbocycles. The van der Waals surface area contributed by atoms with Gasteiger partial charge in [0.15, 0.2) is 5.78 Å². The molecular formula is C25H23NO. The van der Waals surface area contributed by atoms with Gasteiger partial charge in [0.2, 0.25) is 0 Å². The number of carbonyl (C=O) groups excluding carboxylic acids is 1. The van der Waals surface area contributed by atoms with Crippen molar-refractivity contribution in [3.05, 3.63) is 96.2 Å². The molecule has 27 heavy (non-hydrogen) atoms. The highest BCUT2D eigenvalue weighted by Gasteiger charge is 2.18. The van der Waals surface area contributed by atoms with E-state index in [0.717, 1.165) is 16.3 Å². The molecule has 1 aromatic heterocycles. The number of benzene rings is 3. The molecule has 2 heteroatoms. The highest BCUT2D eigenvalue weighted by Crippen LogP contribution is 2.28. The van der Waals surface area contributed by atoms with Crippen molar-refractivity contribution in [2.75, 3.05) is 0 Å². The van der Waals surface area contributed by atoms with Gasteiger partial charge in [-0.15, -0.1) is 6.58 Å². The van der Waals surface area contributed by atoms with Gasteiger partial charge in [0.25, 0.3) is 0 Å². The second-order valence-corrected chi connectivity index (χ2v) is 6.52. The lowest BCUT2D eigenvalue weighted by atomic mass is 9.95. The third-order valence-corrected chi connectivity index (χ3v) is 4.79. The lowest BCUT2D eigenvalue weighted by molar-refractivity contribution is 0.104. The third-order valence-electron chi connectivity index (χ3n) is 4.79. The number of allylic oxidation sites excluding steroid dienone is 1. The highest BCUT2D eigenvalue weighted by molar-refractivity contribution is 6.21. The number of hydrogen-bond acceptors (Lipinski definition) is 1. The molecule has 0 fully saturated rings. The van der Waals surface area contributed by atoms with Gasteiger partial charge in [0.1, 0.15) is 0 Å². The van der Waals surface area contributed by atoms with E-state index in [1.165, 1.54) is 16.8 Å². The summed E-state index contributed by atoms with van der Waals surface area (Å²) in [7, 11) is 0. The maximum atomic E-state index is 13.7. The van der Waals surface area contributed by atoms with Gasteiger partial charge in [-0.2, -0.15) is 0 Å². The van der Waals surface area contributed by atoms with Crippen LogP contribution in [0.2, 0.25) is 0 Å². The minimum atomic E-state index is -2.38. The summed E-state index contributed by atoms with van der Waals surface area (Å²) in [4.78, 5) is 13.7. The minimum absolute atomic E-state index is 0.154. The smallest absolute Gasteiger partial charge is 0.195 e. The largest absolute Gasteiger partial charge is 0.347 e. The van der Waals surface area contributed by atoms with Crippen LogP contribution in [0.4, 0.5) is 0 Å². The summed E-state index contributed by atoms with van der Waals surface area (Å²) in [6.45, 7) is 3.17. The topological polar surface area (TPSA) is 22.0 Å². The molecule has 0 radical (unpaired) electrons. The van der Waals surface area contributed by atoms with E-state index in [9.17, 15) is 4.79 Å². The zero-order valence-corrected chi connectivity index (χ0v) is 15.2. The Kier molecular flexibility index (Phi) is 3.51. The molecule has 0 aliphatic rings. The van der Waals surface area contributed by atoms with Crippen LogP contribution in [0.15, 0.2) is 79.5 Å². The molecule has 0 atom stereocenters. The number of aryl methyl sites for hydroxylation is 2. The maximum absolute atomic E-state index is 13.7. The Morgan fingerprint density at radius 2 is 1.70 bits per heavy atom. The summed E-state index contributed by atoms with van der Waals surface area (Å²) in [5.41, 5.74) is 2.44. The molecule has 0 amide bonds. The van der Waals surface area contributed by atoms with Gasteiger partial charge in [0.05, 0.1) is 0 Å². The first-order chi connectivity index (χ1) is 14.7. The Morgan fingerprint density at radius 1 is 1.00 bits per heavy atom. The molecule has 0 bridgehead atoms. The lowest BCUT2D eigenvalue weighted by Gasteiger charge is -2.08. The molecule has 1 heterocycles. The number of aromatic nitrogens is 1. The van der Waals surface area contributed by atoms with Gasteiger partial charge in [-0.3, -0.25) is 4.79 Å². The molecule has 4 rings (SSSR count). The third kappa shape index (κ3) is 3.08. The van der Waals surface area contributed by atoms with E-state index < -0.39 is 12.9 Å². The Bertz CT molecular complexity index is 1320. The van der Waals surface area contributed by atoms with Crippen LogP contribution in [-0.2, 0) is 6.50 Å². The molecule has 3 aromatic carbocycles. The van der Waals surface area contributed by atoms with Crippen LogP contribution in [0.25, 0.3) is 21.7 Å². The van der Waals surface area contributed by atoms with Crippen molar-refractivity contribution in [2.24, 2.45) is 0 Å². The fraction of sp³-hybridized carbons (Fsp3) is 0.160. The van der Waals surface area contributed by atoms with Crippen molar-refractivity contribution < 1.29 is 10.3 Å². The normalized spacial score (nSPS) is 14.4. The first kappa shape index (κ1) is 13.1. The van der Waals surface area contributed by atoms with E-state index in [2.05, 4.69) is 6.58 Å². The highest BCUT2D eigenvalue weighted by atomic mass is 16.1. The van der Waals surface area contributed by atoms with Crippen LogP contribution in [0.1, 0.15) is 39.8 Å².